The van der Waals surface area contributed by atoms with Crippen LogP contribution >= 0.6 is 22.9 Å². The lowest BCUT2D eigenvalue weighted by Crippen LogP contribution is -2.03. The van der Waals surface area contributed by atoms with Gasteiger partial charge in [0.05, 0.1) is 4.34 Å². The van der Waals surface area contributed by atoms with Crippen molar-refractivity contribution >= 4 is 22.9 Å². The number of hydrogen-bond donors (Lipinski definition) is 1. The second-order valence-corrected chi connectivity index (χ2v) is 3.46. The summed E-state index contributed by atoms with van der Waals surface area (Å²) in [6.07, 6.45) is 0. The maximum Gasteiger partial charge on any atom is 0.0975 e. The summed E-state index contributed by atoms with van der Waals surface area (Å²) in [4.78, 5) is 0. The van der Waals surface area contributed by atoms with Crippen LogP contribution < -0.4 is 5.73 Å². The van der Waals surface area contributed by atoms with Crippen molar-refractivity contribution in [3.63, 3.8) is 0 Å². The number of rotatable bonds is 1. The molecule has 0 aliphatic carbocycles. The van der Waals surface area contributed by atoms with Gasteiger partial charge in [0, 0.05) is 6.04 Å². The van der Waals surface area contributed by atoms with Crippen LogP contribution in [0.25, 0.3) is 0 Å². The van der Waals surface area contributed by atoms with Crippen LogP contribution in [0.15, 0.2) is 11.4 Å². The molecule has 0 amide bonds. The quantitative estimate of drug-likeness (QED) is 0.673. The maximum atomic E-state index is 5.77. The Balaban J connectivity index is 2.94. The smallest absolute Gasteiger partial charge is 0.0975 e. The second kappa shape index (κ2) is 2.69. The zero-order valence-corrected chi connectivity index (χ0v) is 6.67. The van der Waals surface area contributed by atoms with Crippen molar-refractivity contribution in [2.45, 2.75) is 13.0 Å². The van der Waals surface area contributed by atoms with Gasteiger partial charge in [-0.25, -0.2) is 0 Å². The molecule has 0 aliphatic rings. The maximum absolute atomic E-state index is 5.77. The number of thiophene rings is 1. The molecular weight excluding hydrogens is 154 g/mol. The Hall–Kier alpha value is -0.0500. The topological polar surface area (TPSA) is 26.0 Å². The highest BCUT2D eigenvalue weighted by molar-refractivity contribution is 7.14. The Morgan fingerprint density at radius 3 is 2.67 bits per heavy atom. The Labute approximate surface area is 63.4 Å². The molecule has 1 unspecified atom stereocenters. The average Bonchev–Trinajstić information content (AvgIpc) is 2.13. The summed E-state index contributed by atoms with van der Waals surface area (Å²) in [5.41, 5.74) is 6.62. The molecule has 1 atom stereocenters. The molecule has 1 aromatic rings. The molecule has 0 aliphatic heterocycles. The molecule has 0 spiro atoms. The summed E-state index contributed by atoms with van der Waals surface area (Å²) in [6, 6.07) is 2.02. The van der Waals surface area contributed by atoms with E-state index in [0.29, 0.717) is 0 Å². The minimum Gasteiger partial charge on any atom is -0.324 e. The predicted octanol–water partition coefficient (Wildman–Crippen LogP) is 2.42. The molecule has 0 fully saturated rings. The monoisotopic (exact) mass is 161 g/mol. The predicted molar refractivity (Wildman–Crippen MR) is 41.9 cm³/mol. The van der Waals surface area contributed by atoms with Gasteiger partial charge in [-0.1, -0.05) is 11.6 Å². The van der Waals surface area contributed by atoms with Gasteiger partial charge in [0.2, 0.25) is 0 Å². The van der Waals surface area contributed by atoms with Gasteiger partial charge >= 0.3 is 0 Å². The van der Waals surface area contributed by atoms with Crippen molar-refractivity contribution < 1.29 is 0 Å². The van der Waals surface area contributed by atoms with E-state index in [1.54, 1.807) is 0 Å². The summed E-state index contributed by atoms with van der Waals surface area (Å²) in [6.45, 7) is 1.92. The SMILES string of the molecule is CC(N)c1ccsc1Cl. The summed E-state index contributed by atoms with van der Waals surface area (Å²) >= 11 is 7.29. The lowest BCUT2D eigenvalue weighted by atomic mass is 10.2. The first-order chi connectivity index (χ1) is 4.22. The van der Waals surface area contributed by atoms with Crippen LogP contribution in [-0.4, -0.2) is 0 Å². The van der Waals surface area contributed by atoms with Crippen molar-refractivity contribution in [2.75, 3.05) is 0 Å². The highest BCUT2D eigenvalue weighted by Gasteiger charge is 2.04. The van der Waals surface area contributed by atoms with Gasteiger partial charge in [-0.15, -0.1) is 11.3 Å². The Morgan fingerprint density at radius 2 is 2.44 bits per heavy atom. The summed E-state index contributed by atoms with van der Waals surface area (Å²) < 4.78 is 0.810. The normalized spacial score (nSPS) is 13.7. The first-order valence-electron chi connectivity index (χ1n) is 2.70. The first kappa shape index (κ1) is 7.06. The molecule has 1 aromatic heterocycles. The van der Waals surface area contributed by atoms with E-state index in [0.717, 1.165) is 9.90 Å². The van der Waals surface area contributed by atoms with Crippen LogP contribution in [0.1, 0.15) is 18.5 Å². The van der Waals surface area contributed by atoms with Gasteiger partial charge in [-0.3, -0.25) is 0 Å². The Bertz CT molecular complexity index is 195. The van der Waals surface area contributed by atoms with Crippen molar-refractivity contribution in [3.8, 4) is 0 Å². The molecular formula is C6H8ClNS. The standard InChI is InChI=1S/C6H8ClNS/c1-4(8)5-2-3-9-6(5)7/h2-4H,8H2,1H3. The van der Waals surface area contributed by atoms with E-state index in [4.69, 9.17) is 17.3 Å². The lowest BCUT2D eigenvalue weighted by Gasteiger charge is -1.99. The van der Waals surface area contributed by atoms with E-state index in [9.17, 15) is 0 Å². The van der Waals surface area contributed by atoms with Gasteiger partial charge in [0.25, 0.3) is 0 Å². The van der Waals surface area contributed by atoms with Crippen molar-refractivity contribution in [1.29, 1.82) is 0 Å². The summed E-state index contributed by atoms with van der Waals surface area (Å²) in [5.74, 6) is 0. The van der Waals surface area contributed by atoms with E-state index in [1.807, 2.05) is 18.4 Å². The van der Waals surface area contributed by atoms with Crippen molar-refractivity contribution in [3.05, 3.63) is 21.3 Å². The Kier molecular flexibility index (Phi) is 2.11. The number of halogens is 1. The van der Waals surface area contributed by atoms with Gasteiger partial charge in [0.1, 0.15) is 0 Å². The minimum absolute atomic E-state index is 0.0590. The third-order valence-corrected chi connectivity index (χ3v) is 2.34. The fourth-order valence-electron chi connectivity index (χ4n) is 0.631. The van der Waals surface area contributed by atoms with Crippen LogP contribution in [0.2, 0.25) is 4.34 Å². The van der Waals surface area contributed by atoms with Crippen LogP contribution in [0, 0.1) is 0 Å². The zero-order chi connectivity index (χ0) is 6.85. The van der Waals surface area contributed by atoms with Gasteiger partial charge in [0.15, 0.2) is 0 Å². The third kappa shape index (κ3) is 1.45. The second-order valence-electron chi connectivity index (χ2n) is 1.94. The molecule has 9 heavy (non-hydrogen) atoms. The number of nitrogens with two attached hydrogens (primary N) is 1. The van der Waals surface area contributed by atoms with Gasteiger partial charge in [-0.05, 0) is 23.9 Å². The molecule has 0 bridgehead atoms. The third-order valence-electron chi connectivity index (χ3n) is 1.14. The van der Waals surface area contributed by atoms with Gasteiger partial charge < -0.3 is 5.73 Å². The molecule has 2 N–H and O–H groups in total. The highest BCUT2D eigenvalue weighted by atomic mass is 35.5. The van der Waals surface area contributed by atoms with Crippen LogP contribution in [0.4, 0.5) is 0 Å². The molecule has 0 saturated heterocycles. The zero-order valence-electron chi connectivity index (χ0n) is 5.10. The summed E-state index contributed by atoms with van der Waals surface area (Å²) in [7, 11) is 0. The van der Waals surface area contributed by atoms with E-state index >= 15 is 0 Å². The van der Waals surface area contributed by atoms with Gasteiger partial charge in [-0.2, -0.15) is 0 Å². The first-order valence-corrected chi connectivity index (χ1v) is 3.96. The van der Waals surface area contributed by atoms with Crippen LogP contribution in [0.3, 0.4) is 0 Å². The highest BCUT2D eigenvalue weighted by Crippen LogP contribution is 2.26. The van der Waals surface area contributed by atoms with E-state index < -0.39 is 0 Å². The fraction of sp³-hybridized carbons (Fsp3) is 0.333. The summed E-state index contributed by atoms with van der Waals surface area (Å²) in [5, 5.41) is 1.95. The number of hydrogen-bond acceptors (Lipinski definition) is 2. The minimum atomic E-state index is 0.0590. The van der Waals surface area contributed by atoms with Crippen LogP contribution in [-0.2, 0) is 0 Å². The molecule has 0 saturated carbocycles. The largest absolute Gasteiger partial charge is 0.324 e. The average molecular weight is 162 g/mol. The van der Waals surface area contributed by atoms with E-state index in [1.165, 1.54) is 11.3 Å². The molecule has 3 heteroatoms. The fourth-order valence-corrected chi connectivity index (χ4v) is 1.74. The molecule has 0 aromatic carbocycles. The van der Waals surface area contributed by atoms with Crippen molar-refractivity contribution in [1.82, 2.24) is 0 Å². The molecule has 0 radical (unpaired) electrons. The van der Waals surface area contributed by atoms with Crippen molar-refractivity contribution in [2.24, 2.45) is 5.73 Å². The molecule has 1 rings (SSSR count). The van der Waals surface area contributed by atoms with E-state index in [-0.39, 0.29) is 6.04 Å². The lowest BCUT2D eigenvalue weighted by molar-refractivity contribution is 0.823. The molecule has 1 heterocycles. The molecule has 1 nitrogen and oxygen atoms in total. The Morgan fingerprint density at radius 1 is 1.78 bits per heavy atom. The van der Waals surface area contributed by atoms with Crippen LogP contribution in [0.5, 0.6) is 0 Å². The van der Waals surface area contributed by atoms with E-state index in [2.05, 4.69) is 0 Å². The molecule has 50 valence electrons.